The monoisotopic (exact) mass is 602 g/mol. The molecule has 4 heteroatoms. The van der Waals surface area contributed by atoms with E-state index in [1.165, 1.54) is 103 Å². The van der Waals surface area contributed by atoms with Gasteiger partial charge in [-0.3, -0.25) is 0 Å². The summed E-state index contributed by atoms with van der Waals surface area (Å²) in [6, 6.07) is 4.16. The van der Waals surface area contributed by atoms with Crippen molar-refractivity contribution in [1.82, 2.24) is 0 Å². The lowest BCUT2D eigenvalue weighted by molar-refractivity contribution is 0.218. The minimum atomic E-state index is 0.644. The van der Waals surface area contributed by atoms with E-state index in [2.05, 4.69) is 71.7 Å². The molecule has 0 saturated heterocycles. The highest BCUT2D eigenvalue weighted by molar-refractivity contribution is 9.11. The van der Waals surface area contributed by atoms with Crippen molar-refractivity contribution in [3.63, 3.8) is 0 Å². The fraction of sp³-hybridized carbons (Fsp3) is 0.800. The second kappa shape index (κ2) is 20.9. The maximum atomic E-state index is 6.31. The Morgan fingerprint density at radius 2 is 0.882 bits per heavy atom. The molecule has 0 aliphatic carbocycles. The molecule has 1 rings (SSSR count). The van der Waals surface area contributed by atoms with Gasteiger partial charge >= 0.3 is 0 Å². The molecule has 34 heavy (non-hydrogen) atoms. The second-order valence-electron chi connectivity index (χ2n) is 10.1. The van der Waals surface area contributed by atoms with Gasteiger partial charge in [-0.05, 0) is 81.5 Å². The molecule has 198 valence electrons. The molecule has 2 nitrogen and oxygen atoms in total. The largest absolute Gasteiger partial charge is 0.492 e. The van der Waals surface area contributed by atoms with Gasteiger partial charge in [-0.2, -0.15) is 0 Å². The average molecular weight is 605 g/mol. The van der Waals surface area contributed by atoms with Gasteiger partial charge in [0, 0.05) is 0 Å². The highest BCUT2D eigenvalue weighted by Crippen LogP contribution is 2.37. The molecule has 0 bridgehead atoms. The zero-order chi connectivity index (χ0) is 25.0. The third-order valence-corrected chi connectivity index (χ3v) is 8.04. The molecule has 0 radical (unpaired) electrons. The van der Waals surface area contributed by atoms with Crippen LogP contribution in [0, 0.1) is 11.8 Å². The third-order valence-electron chi connectivity index (χ3n) is 6.80. The first kappa shape index (κ1) is 31.8. The van der Waals surface area contributed by atoms with Gasteiger partial charge in [-0.25, -0.2) is 0 Å². The molecule has 0 aromatic heterocycles. The van der Waals surface area contributed by atoms with Crippen LogP contribution in [0.5, 0.6) is 11.5 Å². The molecule has 0 aliphatic rings. The summed E-state index contributed by atoms with van der Waals surface area (Å²) in [5.41, 5.74) is 0. The Bertz CT molecular complexity index is 566. The molecule has 2 unspecified atom stereocenters. The molecule has 0 heterocycles. The van der Waals surface area contributed by atoms with Gasteiger partial charge in [-0.15, -0.1) is 0 Å². The van der Waals surface area contributed by atoms with Crippen molar-refractivity contribution in [3.05, 3.63) is 21.1 Å². The summed E-state index contributed by atoms with van der Waals surface area (Å²) in [7, 11) is 0. The van der Waals surface area contributed by atoms with Crippen molar-refractivity contribution in [2.24, 2.45) is 11.8 Å². The zero-order valence-corrected chi connectivity index (χ0v) is 25.8. The van der Waals surface area contributed by atoms with Crippen molar-refractivity contribution in [2.45, 2.75) is 130 Å². The Hall–Kier alpha value is -0.220. The Balaban J connectivity index is 2.65. The summed E-state index contributed by atoms with van der Waals surface area (Å²) in [5.74, 6) is 3.11. The first-order valence-electron chi connectivity index (χ1n) is 14.3. The highest BCUT2D eigenvalue weighted by Gasteiger charge is 2.15. The lowest BCUT2D eigenvalue weighted by Crippen LogP contribution is -2.14. The Labute approximate surface area is 228 Å². The molecule has 0 fully saturated rings. The number of hydrogen-bond acceptors (Lipinski definition) is 2. The molecule has 0 N–H and O–H groups in total. The van der Waals surface area contributed by atoms with Crippen LogP contribution in [0.4, 0.5) is 0 Å². The van der Waals surface area contributed by atoms with E-state index in [0.29, 0.717) is 11.8 Å². The quantitative estimate of drug-likeness (QED) is 0.123. The van der Waals surface area contributed by atoms with Gasteiger partial charge in [0.15, 0.2) is 0 Å². The Morgan fingerprint density at radius 3 is 1.24 bits per heavy atom. The average Bonchev–Trinajstić information content (AvgIpc) is 2.84. The van der Waals surface area contributed by atoms with E-state index in [1.807, 2.05) is 0 Å². The summed E-state index contributed by atoms with van der Waals surface area (Å²) in [6.45, 7) is 10.7. The Kier molecular flexibility index (Phi) is 19.6. The molecule has 1 aromatic carbocycles. The number of benzene rings is 1. The summed E-state index contributed by atoms with van der Waals surface area (Å²) >= 11 is 7.48. The molecular weight excluding hydrogens is 552 g/mol. The Morgan fingerprint density at radius 1 is 0.529 bits per heavy atom. The van der Waals surface area contributed by atoms with Crippen molar-refractivity contribution in [2.75, 3.05) is 13.2 Å². The predicted octanol–water partition coefficient (Wildman–Crippen LogP) is 11.5. The van der Waals surface area contributed by atoms with Gasteiger partial charge in [0.05, 0.1) is 22.2 Å². The first-order valence-corrected chi connectivity index (χ1v) is 15.9. The van der Waals surface area contributed by atoms with E-state index < -0.39 is 0 Å². The smallest absolute Gasteiger partial charge is 0.134 e. The molecular formula is C30H52Br2O2. The summed E-state index contributed by atoms with van der Waals surface area (Å²) < 4.78 is 14.6. The minimum absolute atomic E-state index is 0.644. The highest BCUT2D eigenvalue weighted by atomic mass is 79.9. The van der Waals surface area contributed by atoms with Gasteiger partial charge in [-0.1, -0.05) is 105 Å². The van der Waals surface area contributed by atoms with Crippen LogP contribution in [0.15, 0.2) is 21.1 Å². The van der Waals surface area contributed by atoms with Crippen LogP contribution in [0.25, 0.3) is 0 Å². The number of rotatable bonds is 22. The predicted molar refractivity (Wildman–Crippen MR) is 156 cm³/mol. The van der Waals surface area contributed by atoms with E-state index in [4.69, 9.17) is 9.47 Å². The van der Waals surface area contributed by atoms with Crippen LogP contribution in [-0.2, 0) is 0 Å². The maximum absolute atomic E-state index is 6.31. The van der Waals surface area contributed by atoms with Gasteiger partial charge < -0.3 is 9.47 Å². The lowest BCUT2D eigenvalue weighted by atomic mass is 9.96. The van der Waals surface area contributed by atoms with Gasteiger partial charge in [0.1, 0.15) is 11.5 Å². The van der Waals surface area contributed by atoms with Crippen molar-refractivity contribution < 1.29 is 9.47 Å². The SMILES string of the molecule is CCCCCCC(CCCC)COc1cc(Br)c(OCC(CCCC)CCCCCC)cc1Br. The topological polar surface area (TPSA) is 18.5 Å². The normalized spacial score (nSPS) is 13.1. The van der Waals surface area contributed by atoms with E-state index in [9.17, 15) is 0 Å². The third kappa shape index (κ3) is 14.4. The first-order chi connectivity index (χ1) is 16.5. The van der Waals surface area contributed by atoms with E-state index >= 15 is 0 Å². The molecule has 0 aliphatic heterocycles. The van der Waals surface area contributed by atoms with E-state index in [-0.39, 0.29) is 0 Å². The molecule has 1 aromatic rings. The fourth-order valence-corrected chi connectivity index (χ4v) is 5.35. The molecule has 2 atom stereocenters. The zero-order valence-electron chi connectivity index (χ0n) is 22.6. The van der Waals surface area contributed by atoms with Crippen molar-refractivity contribution >= 4 is 31.9 Å². The molecule has 0 saturated carbocycles. The number of ether oxygens (including phenoxy) is 2. The van der Waals surface area contributed by atoms with Crippen LogP contribution in [0.3, 0.4) is 0 Å². The van der Waals surface area contributed by atoms with Crippen molar-refractivity contribution in [3.8, 4) is 11.5 Å². The maximum Gasteiger partial charge on any atom is 0.134 e. The van der Waals surface area contributed by atoms with Crippen LogP contribution in [-0.4, -0.2) is 13.2 Å². The van der Waals surface area contributed by atoms with Crippen LogP contribution in [0.1, 0.15) is 130 Å². The van der Waals surface area contributed by atoms with E-state index in [1.54, 1.807) is 0 Å². The summed E-state index contributed by atoms with van der Waals surface area (Å²) in [5, 5.41) is 0. The van der Waals surface area contributed by atoms with E-state index in [0.717, 1.165) is 33.7 Å². The van der Waals surface area contributed by atoms with Gasteiger partial charge in [0.2, 0.25) is 0 Å². The minimum Gasteiger partial charge on any atom is -0.492 e. The van der Waals surface area contributed by atoms with Crippen LogP contribution < -0.4 is 9.47 Å². The standard InChI is InChI=1S/C30H52Br2O2/c1-5-9-13-15-19-25(17-11-7-3)23-33-29-21-28(32)30(22-27(29)31)34-24-26(18-12-8-4)20-16-14-10-6-2/h21-22,25-26H,5-20,23-24H2,1-4H3. The lowest BCUT2D eigenvalue weighted by Gasteiger charge is -2.20. The molecule has 0 spiro atoms. The van der Waals surface area contributed by atoms with Crippen LogP contribution in [0.2, 0.25) is 0 Å². The van der Waals surface area contributed by atoms with Crippen LogP contribution >= 0.6 is 31.9 Å². The number of unbranched alkanes of at least 4 members (excludes halogenated alkanes) is 8. The van der Waals surface area contributed by atoms with Gasteiger partial charge in [0.25, 0.3) is 0 Å². The second-order valence-corrected chi connectivity index (χ2v) is 11.8. The number of halogens is 2. The fourth-order valence-electron chi connectivity index (χ4n) is 4.47. The summed E-state index contributed by atoms with van der Waals surface area (Å²) in [6.07, 6.45) is 20.8. The summed E-state index contributed by atoms with van der Waals surface area (Å²) in [4.78, 5) is 0. The number of hydrogen-bond donors (Lipinski definition) is 0. The van der Waals surface area contributed by atoms with Crippen molar-refractivity contribution in [1.29, 1.82) is 0 Å². The molecule has 0 amide bonds.